The highest BCUT2D eigenvalue weighted by Crippen LogP contribution is 2.44. The fourth-order valence-corrected chi connectivity index (χ4v) is 9.48. The lowest BCUT2D eigenvalue weighted by molar-refractivity contribution is 1.08. The molecule has 11 aromatic rings. The van der Waals surface area contributed by atoms with Gasteiger partial charge in [0.15, 0.2) is 17.5 Å². The molecule has 0 spiro atoms. The molecular weight excluding hydrogens is 735 g/mol. The molecule has 0 amide bonds. The average molecular weight is 770 g/mol. The molecule has 0 aliphatic rings. The van der Waals surface area contributed by atoms with Crippen molar-refractivity contribution in [3.63, 3.8) is 0 Å². The van der Waals surface area contributed by atoms with Crippen LogP contribution in [0.5, 0.6) is 0 Å². The number of aromatic nitrogens is 3. The summed E-state index contributed by atoms with van der Waals surface area (Å²) in [6.45, 7) is 0. The van der Waals surface area contributed by atoms with Crippen LogP contribution in [0.3, 0.4) is 0 Å². The normalized spacial score (nSPS) is 11.4. The van der Waals surface area contributed by atoms with E-state index in [1.54, 1.807) is 0 Å². The van der Waals surface area contributed by atoms with Crippen molar-refractivity contribution in [2.75, 3.05) is 0 Å². The van der Waals surface area contributed by atoms with E-state index in [-0.39, 0.29) is 0 Å². The molecule has 276 valence electrons. The summed E-state index contributed by atoms with van der Waals surface area (Å²) >= 11 is 1.82. The molecule has 9 aromatic carbocycles. The van der Waals surface area contributed by atoms with Crippen molar-refractivity contribution >= 4 is 42.3 Å². The Bertz CT molecular complexity index is 3280. The second-order valence-electron chi connectivity index (χ2n) is 14.8. The number of hydrogen-bond donors (Lipinski definition) is 0. The maximum Gasteiger partial charge on any atom is 0.164 e. The van der Waals surface area contributed by atoms with Gasteiger partial charge in [-0.3, -0.25) is 0 Å². The lowest BCUT2D eigenvalue weighted by atomic mass is 9.96. The smallest absolute Gasteiger partial charge is 0.164 e. The Morgan fingerprint density at radius 2 is 0.763 bits per heavy atom. The van der Waals surface area contributed by atoms with Gasteiger partial charge in [0, 0.05) is 36.9 Å². The van der Waals surface area contributed by atoms with Crippen LogP contribution in [0.1, 0.15) is 0 Å². The molecule has 0 aliphatic heterocycles. The summed E-state index contributed by atoms with van der Waals surface area (Å²) in [6.07, 6.45) is 0. The van der Waals surface area contributed by atoms with Crippen LogP contribution < -0.4 is 0 Å². The Morgan fingerprint density at radius 3 is 1.44 bits per heavy atom. The van der Waals surface area contributed by atoms with Crippen molar-refractivity contribution in [3.05, 3.63) is 212 Å². The highest BCUT2D eigenvalue weighted by Gasteiger charge is 2.19. The summed E-state index contributed by atoms with van der Waals surface area (Å²) in [7, 11) is 0. The molecule has 0 atom stereocenters. The predicted octanol–water partition coefficient (Wildman–Crippen LogP) is 15.1. The van der Waals surface area contributed by atoms with Gasteiger partial charge in [-0.25, -0.2) is 15.0 Å². The zero-order valence-electron chi connectivity index (χ0n) is 32.0. The Hall–Kier alpha value is -7.53. The molecule has 0 bridgehead atoms. The van der Waals surface area contributed by atoms with Crippen LogP contribution in [0.25, 0.3) is 110 Å². The topological polar surface area (TPSA) is 38.7 Å². The molecular formula is C55H35N3S. The number of rotatable bonds is 7. The highest BCUT2D eigenvalue weighted by atomic mass is 32.1. The van der Waals surface area contributed by atoms with Crippen molar-refractivity contribution in [2.45, 2.75) is 0 Å². The fraction of sp³-hybridized carbons (Fsp3) is 0. The molecule has 0 saturated heterocycles. The van der Waals surface area contributed by atoms with Crippen molar-refractivity contribution in [1.29, 1.82) is 0 Å². The molecule has 59 heavy (non-hydrogen) atoms. The van der Waals surface area contributed by atoms with Crippen LogP contribution in [0.15, 0.2) is 212 Å². The molecule has 2 heterocycles. The highest BCUT2D eigenvalue weighted by molar-refractivity contribution is 7.26. The lowest BCUT2D eigenvalue weighted by Crippen LogP contribution is -2.00. The molecule has 11 rings (SSSR count). The van der Waals surface area contributed by atoms with Crippen LogP contribution in [-0.2, 0) is 0 Å². The maximum absolute atomic E-state index is 5.31. The van der Waals surface area contributed by atoms with Gasteiger partial charge in [-0.1, -0.05) is 200 Å². The maximum atomic E-state index is 5.31. The van der Waals surface area contributed by atoms with E-state index in [4.69, 9.17) is 15.0 Å². The summed E-state index contributed by atoms with van der Waals surface area (Å²) in [4.78, 5) is 15.8. The molecule has 0 radical (unpaired) electrons. The largest absolute Gasteiger partial charge is 0.208 e. The van der Waals surface area contributed by atoms with Gasteiger partial charge in [-0.05, 0) is 67.4 Å². The van der Waals surface area contributed by atoms with Crippen molar-refractivity contribution in [3.8, 4) is 78.7 Å². The monoisotopic (exact) mass is 769 g/mol. The number of hydrogen-bond acceptors (Lipinski definition) is 4. The Balaban J connectivity index is 1.08. The lowest BCUT2D eigenvalue weighted by Gasteiger charge is -2.12. The van der Waals surface area contributed by atoms with Crippen LogP contribution in [0.4, 0.5) is 0 Å². The van der Waals surface area contributed by atoms with E-state index in [0.717, 1.165) is 33.0 Å². The Labute approximate surface area is 346 Å². The van der Waals surface area contributed by atoms with Gasteiger partial charge in [-0.15, -0.1) is 11.3 Å². The van der Waals surface area contributed by atoms with E-state index in [0.29, 0.717) is 17.5 Å². The minimum Gasteiger partial charge on any atom is -0.208 e. The molecule has 2 aromatic heterocycles. The van der Waals surface area contributed by atoms with Crippen molar-refractivity contribution in [2.24, 2.45) is 0 Å². The molecule has 3 nitrogen and oxygen atoms in total. The summed E-state index contributed by atoms with van der Waals surface area (Å²) in [5.74, 6) is 1.92. The third kappa shape index (κ3) is 6.46. The molecule has 0 saturated carbocycles. The second-order valence-corrected chi connectivity index (χ2v) is 15.8. The predicted molar refractivity (Wildman–Crippen MR) is 248 cm³/mol. The molecule has 0 unspecified atom stereocenters. The summed E-state index contributed by atoms with van der Waals surface area (Å²) in [6, 6.07) is 75.2. The number of thiophene rings is 1. The van der Waals surface area contributed by atoms with Gasteiger partial charge in [0.25, 0.3) is 0 Å². The van der Waals surface area contributed by atoms with Gasteiger partial charge < -0.3 is 0 Å². The van der Waals surface area contributed by atoms with Gasteiger partial charge in [0.2, 0.25) is 0 Å². The minimum atomic E-state index is 0.636. The van der Waals surface area contributed by atoms with Crippen molar-refractivity contribution < 1.29 is 0 Å². The van der Waals surface area contributed by atoms with E-state index in [9.17, 15) is 0 Å². The van der Waals surface area contributed by atoms with Crippen LogP contribution >= 0.6 is 11.3 Å². The van der Waals surface area contributed by atoms with Gasteiger partial charge >= 0.3 is 0 Å². The third-order valence-corrected chi connectivity index (χ3v) is 12.4. The molecule has 0 aliphatic carbocycles. The van der Waals surface area contributed by atoms with E-state index in [1.165, 1.54) is 59.1 Å². The van der Waals surface area contributed by atoms with E-state index < -0.39 is 0 Å². The summed E-state index contributed by atoms with van der Waals surface area (Å²) in [5.41, 5.74) is 12.4. The van der Waals surface area contributed by atoms with Gasteiger partial charge in [0.1, 0.15) is 0 Å². The summed E-state index contributed by atoms with van der Waals surface area (Å²) in [5, 5.41) is 4.67. The van der Waals surface area contributed by atoms with Crippen LogP contribution in [-0.4, -0.2) is 15.0 Å². The molecule has 0 fully saturated rings. The number of nitrogens with zero attached hydrogens (tertiary/aromatic N) is 3. The quantitative estimate of drug-likeness (QED) is 0.162. The van der Waals surface area contributed by atoms with Gasteiger partial charge in [-0.2, -0.15) is 0 Å². The zero-order chi connectivity index (χ0) is 39.1. The third-order valence-electron chi connectivity index (χ3n) is 11.2. The van der Waals surface area contributed by atoms with E-state index >= 15 is 0 Å². The summed E-state index contributed by atoms with van der Waals surface area (Å²) < 4.78 is 2.44. The average Bonchev–Trinajstić information content (AvgIpc) is 3.71. The first-order valence-corrected chi connectivity index (χ1v) is 20.7. The second kappa shape index (κ2) is 14.8. The molecule has 0 N–H and O–H groups in total. The van der Waals surface area contributed by atoms with E-state index in [1.807, 2.05) is 17.4 Å². The number of fused-ring (bicyclic) bond motifs is 4. The van der Waals surface area contributed by atoms with E-state index in [2.05, 4.69) is 206 Å². The first-order valence-electron chi connectivity index (χ1n) is 19.8. The SMILES string of the molecule is c1ccc(-c2ccc(-c3nc(-c4ccc5cccc(-c6ccccc6)c5c4)nc(-c4cccc5sc6c(-c7ccc(-c8ccccc8)cc7)cccc6c45)n3)cc2)cc1. The molecule has 4 heteroatoms. The minimum absolute atomic E-state index is 0.636. The van der Waals surface area contributed by atoms with Gasteiger partial charge in [0.05, 0.1) is 0 Å². The van der Waals surface area contributed by atoms with Crippen LogP contribution in [0, 0.1) is 0 Å². The number of benzene rings is 9. The van der Waals surface area contributed by atoms with Crippen molar-refractivity contribution in [1.82, 2.24) is 15.0 Å². The Morgan fingerprint density at radius 1 is 0.288 bits per heavy atom. The first-order chi connectivity index (χ1) is 29.2. The first kappa shape index (κ1) is 34.7. The standard InChI is InChI=1S/C55H35N3S/c1-4-13-36(14-5-1)38-25-29-42(30-26-38)46-21-11-22-47-51-48(23-12-24-50(51)59-52(46)47)55-57-53(43-32-27-39(28-33-43)37-15-6-2-7-16-37)56-54(58-55)44-34-31-41-19-10-20-45(49(41)35-44)40-17-8-3-9-18-40/h1-35H. The Kier molecular flexibility index (Phi) is 8.68. The zero-order valence-corrected chi connectivity index (χ0v) is 32.8. The fourth-order valence-electron chi connectivity index (χ4n) is 8.21. The van der Waals surface area contributed by atoms with Crippen LogP contribution in [0.2, 0.25) is 0 Å².